The Labute approximate surface area is 151 Å². The zero-order chi connectivity index (χ0) is 17.9. The predicted molar refractivity (Wildman–Crippen MR) is 101 cm³/mol. The van der Waals surface area contributed by atoms with Crippen LogP contribution in [-0.2, 0) is 4.79 Å². The van der Waals surface area contributed by atoms with Crippen LogP contribution >= 0.6 is 0 Å². The molecule has 0 aliphatic heterocycles. The van der Waals surface area contributed by atoms with E-state index in [-0.39, 0.29) is 11.8 Å². The van der Waals surface area contributed by atoms with Crippen LogP contribution in [0.2, 0.25) is 0 Å². The number of methoxy groups -OCH3 is 1. The van der Waals surface area contributed by atoms with Crippen molar-refractivity contribution >= 4 is 23.0 Å². The largest absolute Gasteiger partial charge is 0.494 e. The highest BCUT2D eigenvalue weighted by molar-refractivity contribution is 5.93. The molecule has 26 heavy (non-hydrogen) atoms. The summed E-state index contributed by atoms with van der Waals surface area (Å²) in [5.41, 5.74) is 5.51. The number of pyridine rings is 1. The molecular formula is C21H19N3O2. The third-order valence-electron chi connectivity index (χ3n) is 4.66. The van der Waals surface area contributed by atoms with Crippen LogP contribution in [-0.4, -0.2) is 24.2 Å². The third-order valence-corrected chi connectivity index (χ3v) is 4.66. The highest BCUT2D eigenvalue weighted by Gasteiger charge is 2.43. The van der Waals surface area contributed by atoms with Gasteiger partial charge in [0.15, 0.2) is 0 Å². The van der Waals surface area contributed by atoms with Crippen LogP contribution in [0.1, 0.15) is 23.5 Å². The van der Waals surface area contributed by atoms with Crippen LogP contribution in [0, 0.1) is 5.92 Å². The fraction of sp³-hybridized carbons (Fsp3) is 0.190. The topological polar surface area (TPSA) is 63.6 Å². The molecule has 1 aliphatic carbocycles. The van der Waals surface area contributed by atoms with E-state index in [2.05, 4.69) is 27.6 Å². The summed E-state index contributed by atoms with van der Waals surface area (Å²) in [5, 5.41) is 5.08. The van der Waals surface area contributed by atoms with E-state index in [1.165, 1.54) is 5.56 Å². The fourth-order valence-electron chi connectivity index (χ4n) is 3.22. The van der Waals surface area contributed by atoms with Gasteiger partial charge in [-0.3, -0.25) is 9.78 Å². The predicted octanol–water partition coefficient (Wildman–Crippen LogP) is 3.50. The second-order valence-electron chi connectivity index (χ2n) is 6.39. The van der Waals surface area contributed by atoms with E-state index in [0.29, 0.717) is 11.7 Å². The van der Waals surface area contributed by atoms with E-state index < -0.39 is 0 Å². The van der Waals surface area contributed by atoms with Crippen molar-refractivity contribution in [1.29, 1.82) is 0 Å². The lowest BCUT2D eigenvalue weighted by Crippen LogP contribution is -2.20. The van der Waals surface area contributed by atoms with Gasteiger partial charge in [-0.05, 0) is 41.7 Å². The molecule has 1 amide bonds. The minimum atomic E-state index is -0.0375. The Morgan fingerprint density at radius 1 is 1.23 bits per heavy atom. The molecule has 5 heteroatoms. The number of carbonyl (C=O) groups excluding carboxylic acids is 1. The Balaban J connectivity index is 1.43. The van der Waals surface area contributed by atoms with Crippen molar-refractivity contribution in [3.63, 3.8) is 0 Å². The summed E-state index contributed by atoms with van der Waals surface area (Å²) in [7, 11) is 1.61. The quantitative estimate of drug-likeness (QED) is 0.569. The number of ether oxygens (including phenoxy) is 1. The van der Waals surface area contributed by atoms with Crippen molar-refractivity contribution in [2.24, 2.45) is 11.0 Å². The van der Waals surface area contributed by atoms with Crippen molar-refractivity contribution < 1.29 is 9.53 Å². The smallest absolute Gasteiger partial charge is 0.243 e. The molecule has 0 radical (unpaired) electrons. The molecule has 1 saturated carbocycles. The van der Waals surface area contributed by atoms with Gasteiger partial charge in [-0.1, -0.05) is 36.4 Å². The van der Waals surface area contributed by atoms with Crippen LogP contribution in [0.5, 0.6) is 5.75 Å². The summed E-state index contributed by atoms with van der Waals surface area (Å²) >= 11 is 0. The van der Waals surface area contributed by atoms with Crippen molar-refractivity contribution in [1.82, 2.24) is 10.4 Å². The lowest BCUT2D eigenvalue weighted by Gasteiger charge is -2.06. The second kappa shape index (κ2) is 6.96. The zero-order valence-electron chi connectivity index (χ0n) is 14.4. The molecule has 0 spiro atoms. The summed E-state index contributed by atoms with van der Waals surface area (Å²) in [6, 6.07) is 17.8. The van der Waals surface area contributed by atoms with Gasteiger partial charge in [0.2, 0.25) is 5.91 Å². The van der Waals surface area contributed by atoms with Gasteiger partial charge in [0.05, 0.1) is 13.3 Å². The molecule has 1 fully saturated rings. The highest BCUT2D eigenvalue weighted by Crippen LogP contribution is 2.47. The maximum atomic E-state index is 12.3. The SMILES string of the molecule is COc1cc(C=NNC(=O)C2CC2c2ccccc2)cc2cccnc12. The van der Waals surface area contributed by atoms with E-state index in [4.69, 9.17) is 4.74 Å². The van der Waals surface area contributed by atoms with E-state index in [1.807, 2.05) is 42.5 Å². The minimum absolute atomic E-state index is 0.00453. The Bertz CT molecular complexity index is 969. The van der Waals surface area contributed by atoms with Crippen LogP contribution in [0.15, 0.2) is 65.9 Å². The maximum Gasteiger partial charge on any atom is 0.243 e. The molecular weight excluding hydrogens is 326 g/mol. The van der Waals surface area contributed by atoms with Gasteiger partial charge >= 0.3 is 0 Å². The molecule has 2 unspecified atom stereocenters. The first-order chi connectivity index (χ1) is 12.8. The number of hydrogen-bond acceptors (Lipinski definition) is 4. The fourth-order valence-corrected chi connectivity index (χ4v) is 3.22. The lowest BCUT2D eigenvalue weighted by molar-refractivity contribution is -0.122. The Morgan fingerprint density at radius 2 is 2.08 bits per heavy atom. The van der Waals surface area contributed by atoms with Gasteiger partial charge in [0.25, 0.3) is 0 Å². The lowest BCUT2D eigenvalue weighted by atomic mass is 10.1. The van der Waals surface area contributed by atoms with Crippen LogP contribution < -0.4 is 10.2 Å². The van der Waals surface area contributed by atoms with Crippen LogP contribution in [0.25, 0.3) is 10.9 Å². The van der Waals surface area contributed by atoms with Crippen molar-refractivity contribution in [3.8, 4) is 5.75 Å². The summed E-state index contributed by atoms with van der Waals surface area (Å²) in [4.78, 5) is 16.6. The molecule has 3 aromatic rings. The molecule has 0 bridgehead atoms. The Morgan fingerprint density at radius 3 is 2.88 bits per heavy atom. The number of nitrogens with one attached hydrogen (secondary N) is 1. The number of hydrogen-bond donors (Lipinski definition) is 1. The zero-order valence-corrected chi connectivity index (χ0v) is 14.4. The van der Waals surface area contributed by atoms with Crippen LogP contribution in [0.4, 0.5) is 0 Å². The number of amides is 1. The first-order valence-corrected chi connectivity index (χ1v) is 8.57. The summed E-state index contributed by atoms with van der Waals surface area (Å²) in [5.74, 6) is 0.954. The normalized spacial score (nSPS) is 18.8. The standard InChI is InChI=1S/C21H19N3O2/c1-26-19-11-14(10-16-8-5-9-22-20(16)19)13-23-24-21(25)18-12-17(18)15-6-3-2-4-7-15/h2-11,13,17-18H,12H2,1H3,(H,24,25). The first kappa shape index (κ1) is 16.3. The second-order valence-corrected chi connectivity index (χ2v) is 6.39. The van der Waals surface area contributed by atoms with E-state index in [1.54, 1.807) is 19.5 Å². The number of nitrogens with zero attached hydrogens (tertiary/aromatic N) is 2. The molecule has 1 aromatic heterocycles. The molecule has 1 N–H and O–H groups in total. The Kier molecular flexibility index (Phi) is 4.35. The number of benzene rings is 2. The van der Waals surface area contributed by atoms with E-state index in [9.17, 15) is 4.79 Å². The van der Waals surface area contributed by atoms with Gasteiger partial charge < -0.3 is 4.74 Å². The maximum absolute atomic E-state index is 12.3. The molecule has 4 rings (SSSR count). The monoisotopic (exact) mass is 345 g/mol. The van der Waals surface area contributed by atoms with Gasteiger partial charge in [-0.25, -0.2) is 5.43 Å². The van der Waals surface area contributed by atoms with Gasteiger partial charge in [-0.15, -0.1) is 0 Å². The average Bonchev–Trinajstić information content (AvgIpc) is 3.49. The number of aromatic nitrogens is 1. The highest BCUT2D eigenvalue weighted by atomic mass is 16.5. The van der Waals surface area contributed by atoms with Crippen molar-refractivity contribution in [2.75, 3.05) is 7.11 Å². The van der Waals surface area contributed by atoms with E-state index in [0.717, 1.165) is 22.9 Å². The van der Waals surface area contributed by atoms with Crippen LogP contribution in [0.3, 0.4) is 0 Å². The molecule has 130 valence electrons. The third kappa shape index (κ3) is 3.28. The van der Waals surface area contributed by atoms with Gasteiger partial charge in [-0.2, -0.15) is 5.10 Å². The molecule has 1 heterocycles. The molecule has 2 atom stereocenters. The van der Waals surface area contributed by atoms with E-state index >= 15 is 0 Å². The molecule has 2 aromatic carbocycles. The number of carbonyl (C=O) groups is 1. The summed E-state index contributed by atoms with van der Waals surface area (Å²) in [6.07, 6.45) is 4.24. The minimum Gasteiger partial charge on any atom is -0.494 e. The Hall–Kier alpha value is -3.21. The van der Waals surface area contributed by atoms with Gasteiger partial charge in [0, 0.05) is 17.5 Å². The van der Waals surface area contributed by atoms with Gasteiger partial charge in [0.1, 0.15) is 11.3 Å². The van der Waals surface area contributed by atoms with Crippen molar-refractivity contribution in [3.05, 3.63) is 71.9 Å². The first-order valence-electron chi connectivity index (χ1n) is 8.57. The molecule has 5 nitrogen and oxygen atoms in total. The molecule has 1 aliphatic rings. The van der Waals surface area contributed by atoms with Crippen molar-refractivity contribution in [2.45, 2.75) is 12.3 Å². The molecule has 0 saturated heterocycles. The average molecular weight is 345 g/mol. The summed E-state index contributed by atoms with van der Waals surface area (Å²) in [6.45, 7) is 0. The number of hydrazone groups is 1. The summed E-state index contributed by atoms with van der Waals surface area (Å²) < 4.78 is 5.40. The number of fused-ring (bicyclic) bond motifs is 1. The number of rotatable bonds is 5.